The Morgan fingerprint density at radius 2 is 1.82 bits per heavy atom. The van der Waals surface area contributed by atoms with Gasteiger partial charge < -0.3 is 54.1 Å². The lowest BCUT2D eigenvalue weighted by atomic mass is 10.1. The first-order chi connectivity index (χ1) is 25.9. The number of phosphoric acid groups is 3. The SMILES string of the molecule is CCSSCO[C@H]1C[C@H](n2cc(C#CCNC(=O)OCCCCOCSSC(C)(C)CC)c3c(N)ncnc32)O[C@@H]1COP(=O)(O)OP(=O)(O)OP(=O)(O)O. The summed E-state index contributed by atoms with van der Waals surface area (Å²) in [6.07, 6.45) is 2.21. The van der Waals surface area contributed by atoms with Crippen molar-refractivity contribution >= 4 is 89.6 Å². The number of nitrogens with one attached hydrogen (secondary N) is 1. The van der Waals surface area contributed by atoms with Gasteiger partial charge in [0.05, 0.1) is 36.8 Å². The molecule has 1 fully saturated rings. The first kappa shape index (κ1) is 48.3. The van der Waals surface area contributed by atoms with E-state index in [0.29, 0.717) is 35.6 Å². The molecule has 0 radical (unpaired) electrons. The zero-order valence-corrected chi connectivity index (χ0v) is 36.3. The van der Waals surface area contributed by atoms with E-state index >= 15 is 0 Å². The molecule has 2 aromatic rings. The number of ether oxygens (including phenoxy) is 4. The van der Waals surface area contributed by atoms with Gasteiger partial charge in [0.2, 0.25) is 0 Å². The number of phosphoric ester groups is 1. The fourth-order valence-electron chi connectivity index (χ4n) is 4.44. The van der Waals surface area contributed by atoms with Crippen LogP contribution in [0, 0.1) is 11.8 Å². The topological polar surface area (TPSA) is 283 Å². The van der Waals surface area contributed by atoms with Gasteiger partial charge in [-0.25, -0.2) is 28.5 Å². The predicted molar refractivity (Wildman–Crippen MR) is 212 cm³/mol. The number of anilines is 1. The number of fused-ring (bicyclic) bond motifs is 1. The second kappa shape index (κ2) is 22.9. The summed E-state index contributed by atoms with van der Waals surface area (Å²) in [5.41, 5.74) is 6.94. The molecule has 0 spiro atoms. The Morgan fingerprint density at radius 3 is 2.53 bits per heavy atom. The number of hydrogen-bond acceptors (Lipinski definition) is 18. The number of nitrogens with zero attached hydrogens (tertiary/aromatic N) is 3. The van der Waals surface area contributed by atoms with Crippen LogP contribution in [-0.4, -0.2) is 101 Å². The lowest BCUT2D eigenvalue weighted by Crippen LogP contribution is -2.28. The van der Waals surface area contributed by atoms with Crippen molar-refractivity contribution in [2.45, 2.75) is 76.6 Å². The molecule has 0 aliphatic carbocycles. The fourth-order valence-corrected chi connectivity index (χ4v) is 11.1. The molecule has 7 N–H and O–H groups in total. The van der Waals surface area contributed by atoms with Crippen LogP contribution in [0.3, 0.4) is 0 Å². The van der Waals surface area contributed by atoms with Crippen LogP contribution < -0.4 is 11.1 Å². The van der Waals surface area contributed by atoms with E-state index in [4.69, 9.17) is 39.0 Å². The summed E-state index contributed by atoms with van der Waals surface area (Å²) in [5.74, 6) is 7.51. The highest BCUT2D eigenvalue weighted by Crippen LogP contribution is 2.66. The molecule has 1 saturated heterocycles. The molecule has 27 heteroatoms. The third kappa shape index (κ3) is 17.8. The number of hydrogen-bond donors (Lipinski definition) is 6. The standard InChI is InChI=1S/C28H46N5O15P3S4/c1-5-28(3,4)55-54-18-42-12-7-8-13-43-27(34)30-11-9-10-20-15-33(26-24(20)25(29)31-17-32-26)23-14-21(44-19-53-52-6-2)22(46-23)16-45-50(38,39)48-51(40,41)47-49(35,36)37/h15,17,21-23H,5-8,11-14,16,18-19H2,1-4H3,(H,30,34)(H,38,39)(H,40,41)(H2,29,31,32)(H2,35,36,37)/t21-,22+,23+/m0/s1. The highest BCUT2D eigenvalue weighted by atomic mass is 33.1. The first-order valence-corrected chi connectivity index (χ1v) is 25.9. The van der Waals surface area contributed by atoms with Crippen molar-refractivity contribution in [3.05, 3.63) is 18.1 Å². The van der Waals surface area contributed by atoms with Crippen molar-refractivity contribution in [1.29, 1.82) is 0 Å². The Balaban J connectivity index is 1.60. The van der Waals surface area contributed by atoms with E-state index in [1.165, 1.54) is 27.9 Å². The molecule has 0 saturated carbocycles. The summed E-state index contributed by atoms with van der Waals surface area (Å²) in [7, 11) is -10.3. The van der Waals surface area contributed by atoms with E-state index in [0.717, 1.165) is 18.6 Å². The average Bonchev–Trinajstić information content (AvgIpc) is 3.67. The number of nitrogens with two attached hydrogens (primary N) is 1. The molecule has 0 bridgehead atoms. The van der Waals surface area contributed by atoms with Crippen molar-refractivity contribution in [1.82, 2.24) is 19.9 Å². The summed E-state index contributed by atoms with van der Waals surface area (Å²) in [6.45, 7) is 8.52. The molecular formula is C28H46N5O15P3S4. The minimum Gasteiger partial charge on any atom is -0.450 e. The van der Waals surface area contributed by atoms with Gasteiger partial charge in [-0.15, -0.1) is 0 Å². The van der Waals surface area contributed by atoms with Crippen LogP contribution in [0.15, 0.2) is 12.5 Å². The number of amides is 1. The Kier molecular flexibility index (Phi) is 20.1. The third-order valence-corrected chi connectivity index (χ3v) is 16.3. The quantitative estimate of drug-likeness (QED) is 0.0239. The summed E-state index contributed by atoms with van der Waals surface area (Å²) in [4.78, 5) is 57.6. The van der Waals surface area contributed by atoms with Crippen LogP contribution in [0.2, 0.25) is 0 Å². The zero-order valence-electron chi connectivity index (χ0n) is 30.3. The summed E-state index contributed by atoms with van der Waals surface area (Å²) < 4.78 is 72.3. The highest BCUT2D eigenvalue weighted by molar-refractivity contribution is 8.77. The normalized spacial score (nSPS) is 19.7. The molecule has 1 amide bonds. The lowest BCUT2D eigenvalue weighted by molar-refractivity contribution is -0.0520. The van der Waals surface area contributed by atoms with Crippen molar-refractivity contribution in [3.8, 4) is 11.8 Å². The highest BCUT2D eigenvalue weighted by Gasteiger charge is 2.43. The summed E-state index contributed by atoms with van der Waals surface area (Å²) >= 11 is 0. The van der Waals surface area contributed by atoms with Gasteiger partial charge in [-0.1, -0.05) is 68.9 Å². The Labute approximate surface area is 334 Å². The molecule has 1 aliphatic heterocycles. The first-order valence-electron chi connectivity index (χ1n) is 16.5. The number of nitrogen functional groups attached to an aromatic ring is 1. The Bertz CT molecular complexity index is 1760. The minimum absolute atomic E-state index is 0.0445. The van der Waals surface area contributed by atoms with Gasteiger partial charge in [0, 0.05) is 29.7 Å². The fraction of sp³-hybridized carbons (Fsp3) is 0.679. The minimum atomic E-state index is -5.72. The van der Waals surface area contributed by atoms with E-state index < -0.39 is 54.6 Å². The molecule has 2 unspecified atom stereocenters. The maximum Gasteiger partial charge on any atom is 0.490 e. The molecule has 3 heterocycles. The third-order valence-electron chi connectivity index (χ3n) is 7.21. The Morgan fingerprint density at radius 1 is 1.07 bits per heavy atom. The van der Waals surface area contributed by atoms with Crippen LogP contribution in [-0.2, 0) is 45.8 Å². The molecule has 55 heavy (non-hydrogen) atoms. The molecule has 1 aliphatic rings. The maximum absolute atomic E-state index is 12.4. The monoisotopic (exact) mass is 913 g/mol. The number of alkyl carbamates (subject to hydrolysis) is 1. The van der Waals surface area contributed by atoms with Crippen LogP contribution in [0.4, 0.5) is 10.6 Å². The van der Waals surface area contributed by atoms with Crippen molar-refractivity contribution in [2.24, 2.45) is 0 Å². The smallest absolute Gasteiger partial charge is 0.450 e. The van der Waals surface area contributed by atoms with Gasteiger partial charge in [0.1, 0.15) is 42.0 Å². The summed E-state index contributed by atoms with van der Waals surface area (Å²) in [5, 5.41) is 2.98. The molecule has 312 valence electrons. The second-order valence-corrected chi connectivity index (χ2v) is 21.9. The number of aromatic nitrogens is 3. The number of carbonyl (C=O) groups is 1. The van der Waals surface area contributed by atoms with E-state index in [9.17, 15) is 28.3 Å². The molecular weight excluding hydrogens is 868 g/mol. The zero-order chi connectivity index (χ0) is 40.7. The predicted octanol–water partition coefficient (Wildman–Crippen LogP) is 5.79. The van der Waals surface area contributed by atoms with Crippen LogP contribution >= 0.6 is 66.6 Å². The van der Waals surface area contributed by atoms with E-state index in [-0.39, 0.29) is 36.1 Å². The van der Waals surface area contributed by atoms with Crippen LogP contribution in [0.25, 0.3) is 11.0 Å². The second-order valence-electron chi connectivity index (χ2n) is 11.8. The van der Waals surface area contributed by atoms with Gasteiger partial charge >= 0.3 is 29.6 Å². The number of rotatable bonds is 24. The van der Waals surface area contributed by atoms with E-state index in [1.54, 1.807) is 32.4 Å². The van der Waals surface area contributed by atoms with Gasteiger partial charge in [0.25, 0.3) is 0 Å². The average molecular weight is 914 g/mol. The van der Waals surface area contributed by atoms with Crippen LogP contribution in [0.5, 0.6) is 0 Å². The van der Waals surface area contributed by atoms with Gasteiger partial charge in [-0.05, 0) is 33.1 Å². The summed E-state index contributed by atoms with van der Waals surface area (Å²) in [6, 6.07) is 0. The molecule has 0 aromatic carbocycles. The molecule has 3 rings (SSSR count). The van der Waals surface area contributed by atoms with Gasteiger partial charge in [-0.2, -0.15) is 8.62 Å². The van der Waals surface area contributed by atoms with Crippen molar-refractivity contribution in [2.75, 3.05) is 49.7 Å². The van der Waals surface area contributed by atoms with Crippen LogP contribution in [0.1, 0.15) is 65.2 Å². The molecule has 5 atom stereocenters. The lowest BCUT2D eigenvalue weighted by Gasteiger charge is -2.21. The van der Waals surface area contributed by atoms with E-state index in [2.05, 4.69) is 56.5 Å². The van der Waals surface area contributed by atoms with Crippen molar-refractivity contribution in [3.63, 3.8) is 0 Å². The number of unbranched alkanes of at least 4 members (excludes halogenated alkanes) is 1. The largest absolute Gasteiger partial charge is 0.490 e. The maximum atomic E-state index is 12.4. The molecule has 20 nitrogen and oxygen atoms in total. The van der Waals surface area contributed by atoms with E-state index in [1.807, 2.05) is 6.92 Å². The molecule has 2 aromatic heterocycles. The van der Waals surface area contributed by atoms with Gasteiger partial charge in [-0.3, -0.25) is 4.52 Å². The Hall–Kier alpha value is -1.06. The number of carbonyl (C=O) groups excluding carboxylic acids is 1. The van der Waals surface area contributed by atoms with Gasteiger partial charge in [0.15, 0.2) is 0 Å². The van der Waals surface area contributed by atoms with Crippen molar-refractivity contribution < 1.29 is 70.2 Å².